The molecule has 0 saturated carbocycles. The van der Waals surface area contributed by atoms with Crippen LogP contribution >= 0.6 is 15.9 Å². The van der Waals surface area contributed by atoms with Gasteiger partial charge in [0.25, 0.3) is 5.91 Å². The molecule has 0 aliphatic heterocycles. The van der Waals surface area contributed by atoms with Gasteiger partial charge in [0.2, 0.25) is 0 Å². The first-order valence-electron chi connectivity index (χ1n) is 8.30. The number of esters is 1. The lowest BCUT2D eigenvalue weighted by molar-refractivity contribution is -0.154. The van der Waals surface area contributed by atoms with Crippen LogP contribution in [0.25, 0.3) is 0 Å². The van der Waals surface area contributed by atoms with Crippen LogP contribution in [0.15, 0.2) is 53.0 Å². The van der Waals surface area contributed by atoms with Gasteiger partial charge in [-0.2, -0.15) is 0 Å². The minimum absolute atomic E-state index is 0.185. The van der Waals surface area contributed by atoms with Crippen molar-refractivity contribution >= 4 is 27.8 Å². The van der Waals surface area contributed by atoms with E-state index in [1.165, 1.54) is 0 Å². The number of carbonyl (C=O) groups is 2. The highest BCUT2D eigenvalue weighted by atomic mass is 79.9. The van der Waals surface area contributed by atoms with Crippen LogP contribution in [-0.2, 0) is 14.3 Å². The summed E-state index contributed by atoms with van der Waals surface area (Å²) in [6.07, 6.45) is -0.798. The van der Waals surface area contributed by atoms with Crippen molar-refractivity contribution in [3.8, 4) is 5.75 Å². The van der Waals surface area contributed by atoms with Crippen molar-refractivity contribution in [2.75, 3.05) is 6.61 Å². The molecule has 0 radical (unpaired) electrons. The highest BCUT2D eigenvalue weighted by Crippen LogP contribution is 2.17. The van der Waals surface area contributed by atoms with Crippen molar-refractivity contribution in [3.63, 3.8) is 0 Å². The van der Waals surface area contributed by atoms with Crippen LogP contribution in [-0.4, -0.2) is 24.6 Å². The largest absolute Gasteiger partial charge is 0.479 e. The molecule has 5 nitrogen and oxygen atoms in total. The van der Waals surface area contributed by atoms with Crippen molar-refractivity contribution < 1.29 is 19.1 Å². The average Bonchev–Trinajstić information content (AvgIpc) is 2.60. The maximum Gasteiger partial charge on any atom is 0.347 e. The van der Waals surface area contributed by atoms with Crippen molar-refractivity contribution in [2.24, 2.45) is 0 Å². The van der Waals surface area contributed by atoms with Crippen molar-refractivity contribution in [1.29, 1.82) is 0 Å². The van der Waals surface area contributed by atoms with Crippen LogP contribution in [0.2, 0.25) is 0 Å². The fourth-order valence-corrected chi connectivity index (χ4v) is 2.58. The van der Waals surface area contributed by atoms with Gasteiger partial charge in [0.15, 0.2) is 12.7 Å². The molecular formula is C20H22BrNO4. The maximum atomic E-state index is 12.0. The molecule has 2 rings (SSSR count). The normalized spacial score (nSPS) is 12.8. The third-order valence-corrected chi connectivity index (χ3v) is 4.26. The Morgan fingerprint density at radius 1 is 1.12 bits per heavy atom. The lowest BCUT2D eigenvalue weighted by Crippen LogP contribution is -2.34. The first-order valence-corrected chi connectivity index (χ1v) is 9.09. The Labute approximate surface area is 161 Å². The molecule has 2 aromatic carbocycles. The molecule has 138 valence electrons. The first kappa shape index (κ1) is 20.0. The molecule has 0 aromatic heterocycles. The molecule has 0 bridgehead atoms. The summed E-state index contributed by atoms with van der Waals surface area (Å²) < 4.78 is 11.5. The van der Waals surface area contributed by atoms with Crippen LogP contribution in [0.3, 0.4) is 0 Å². The maximum absolute atomic E-state index is 12.0. The molecule has 26 heavy (non-hydrogen) atoms. The van der Waals surface area contributed by atoms with Crippen molar-refractivity contribution in [2.45, 2.75) is 32.9 Å². The molecule has 0 fully saturated rings. The number of ether oxygens (including phenoxy) is 2. The van der Waals surface area contributed by atoms with E-state index in [0.29, 0.717) is 5.75 Å². The van der Waals surface area contributed by atoms with E-state index in [1.807, 2.05) is 56.3 Å². The Balaban J connectivity index is 1.78. The Bertz CT molecular complexity index is 761. The Morgan fingerprint density at radius 3 is 2.46 bits per heavy atom. The quantitative estimate of drug-likeness (QED) is 0.690. The van der Waals surface area contributed by atoms with Gasteiger partial charge < -0.3 is 14.8 Å². The molecule has 0 heterocycles. The molecule has 1 amide bonds. The number of halogens is 1. The standard InChI is InChI=1S/C20H22BrNO4/c1-13-5-4-6-18(11-13)26-15(3)20(24)25-12-19(23)22-14(2)16-7-9-17(21)10-8-16/h4-11,14-15H,12H2,1-3H3,(H,22,23)/t14-,15-/m1/s1. The van der Waals surface area contributed by atoms with Crippen LogP contribution in [0.5, 0.6) is 5.75 Å². The number of hydrogen-bond acceptors (Lipinski definition) is 4. The summed E-state index contributed by atoms with van der Waals surface area (Å²) in [5, 5.41) is 2.79. The van der Waals surface area contributed by atoms with Crippen molar-refractivity contribution in [1.82, 2.24) is 5.32 Å². The van der Waals surface area contributed by atoms with Gasteiger partial charge in [-0.3, -0.25) is 4.79 Å². The van der Waals surface area contributed by atoms with Gasteiger partial charge in [-0.25, -0.2) is 4.79 Å². The number of hydrogen-bond donors (Lipinski definition) is 1. The third kappa shape index (κ3) is 6.19. The van der Waals surface area contributed by atoms with Gasteiger partial charge in [-0.1, -0.05) is 40.2 Å². The number of nitrogens with one attached hydrogen (secondary N) is 1. The van der Waals surface area contributed by atoms with Gasteiger partial charge in [0.1, 0.15) is 5.75 Å². The van der Waals surface area contributed by atoms with E-state index in [0.717, 1.165) is 15.6 Å². The predicted molar refractivity (Wildman–Crippen MR) is 103 cm³/mol. The van der Waals surface area contributed by atoms with Gasteiger partial charge in [-0.05, 0) is 56.2 Å². The van der Waals surface area contributed by atoms with Crippen LogP contribution in [0.4, 0.5) is 0 Å². The number of aryl methyl sites for hydroxylation is 1. The first-order chi connectivity index (χ1) is 12.3. The van der Waals surface area contributed by atoms with Gasteiger partial charge in [0.05, 0.1) is 6.04 Å². The van der Waals surface area contributed by atoms with Crippen LogP contribution in [0, 0.1) is 6.92 Å². The topological polar surface area (TPSA) is 64.6 Å². The SMILES string of the molecule is Cc1cccc(O[C@H](C)C(=O)OCC(=O)N[C@H](C)c2ccc(Br)cc2)c1. The van der Waals surface area contributed by atoms with E-state index in [9.17, 15) is 9.59 Å². The smallest absolute Gasteiger partial charge is 0.347 e. The fourth-order valence-electron chi connectivity index (χ4n) is 2.31. The van der Waals surface area contributed by atoms with Gasteiger partial charge >= 0.3 is 5.97 Å². The minimum atomic E-state index is -0.798. The van der Waals surface area contributed by atoms with E-state index in [4.69, 9.17) is 9.47 Å². The Morgan fingerprint density at radius 2 is 1.81 bits per heavy atom. The summed E-state index contributed by atoms with van der Waals surface area (Å²) in [5.41, 5.74) is 1.99. The third-order valence-electron chi connectivity index (χ3n) is 3.73. The average molecular weight is 420 g/mol. The molecule has 0 aliphatic rings. The summed E-state index contributed by atoms with van der Waals surface area (Å²) in [6, 6.07) is 14.8. The molecule has 0 aliphatic carbocycles. The molecule has 0 spiro atoms. The summed E-state index contributed by atoms with van der Waals surface area (Å²) in [5.74, 6) is -0.364. The zero-order valence-corrected chi connectivity index (χ0v) is 16.6. The highest BCUT2D eigenvalue weighted by molar-refractivity contribution is 9.10. The highest BCUT2D eigenvalue weighted by Gasteiger charge is 2.18. The predicted octanol–water partition coefficient (Wildman–Crippen LogP) is 3.95. The molecule has 0 unspecified atom stereocenters. The zero-order valence-electron chi connectivity index (χ0n) is 15.0. The molecule has 1 N–H and O–H groups in total. The summed E-state index contributed by atoms with van der Waals surface area (Å²) in [4.78, 5) is 24.0. The minimum Gasteiger partial charge on any atom is -0.479 e. The molecule has 2 atom stereocenters. The van der Waals surface area contributed by atoms with E-state index >= 15 is 0 Å². The summed E-state index contributed by atoms with van der Waals surface area (Å²) in [7, 11) is 0. The number of amides is 1. The molecule has 6 heteroatoms. The monoisotopic (exact) mass is 419 g/mol. The van der Waals surface area contributed by atoms with E-state index in [1.54, 1.807) is 13.0 Å². The zero-order chi connectivity index (χ0) is 19.1. The Kier molecular flexibility index (Phi) is 7.21. The summed E-state index contributed by atoms with van der Waals surface area (Å²) >= 11 is 3.37. The molecule has 2 aromatic rings. The van der Waals surface area contributed by atoms with Crippen molar-refractivity contribution in [3.05, 3.63) is 64.1 Å². The lowest BCUT2D eigenvalue weighted by Gasteiger charge is -2.16. The molecular weight excluding hydrogens is 398 g/mol. The lowest BCUT2D eigenvalue weighted by atomic mass is 10.1. The van der Waals surface area contributed by atoms with E-state index < -0.39 is 12.1 Å². The second-order valence-corrected chi connectivity index (χ2v) is 6.94. The second kappa shape index (κ2) is 9.38. The Hall–Kier alpha value is -2.34. The number of benzene rings is 2. The number of carbonyl (C=O) groups excluding carboxylic acids is 2. The van der Waals surface area contributed by atoms with Gasteiger partial charge in [-0.15, -0.1) is 0 Å². The van der Waals surface area contributed by atoms with E-state index in [2.05, 4.69) is 21.2 Å². The second-order valence-electron chi connectivity index (χ2n) is 6.03. The van der Waals surface area contributed by atoms with E-state index in [-0.39, 0.29) is 18.6 Å². The summed E-state index contributed by atoms with van der Waals surface area (Å²) in [6.45, 7) is 5.05. The van der Waals surface area contributed by atoms with Crippen LogP contribution < -0.4 is 10.1 Å². The van der Waals surface area contributed by atoms with Crippen LogP contribution in [0.1, 0.15) is 31.0 Å². The fraction of sp³-hybridized carbons (Fsp3) is 0.300. The number of rotatable bonds is 7. The van der Waals surface area contributed by atoms with Gasteiger partial charge in [0, 0.05) is 4.47 Å². The molecule has 0 saturated heterocycles.